The predicted molar refractivity (Wildman–Crippen MR) is 61.9 cm³/mol. The van der Waals surface area contributed by atoms with Gasteiger partial charge in [0, 0.05) is 32.6 Å². The highest BCUT2D eigenvalue weighted by molar-refractivity contribution is 5.88. The molecule has 0 saturated carbocycles. The fourth-order valence-corrected chi connectivity index (χ4v) is 1.70. The van der Waals surface area contributed by atoms with Gasteiger partial charge in [-0.05, 0) is 6.42 Å². The van der Waals surface area contributed by atoms with Crippen LogP contribution in [-0.4, -0.2) is 48.9 Å². The molecular formula is C11H21N3O2. The van der Waals surface area contributed by atoms with Crippen molar-refractivity contribution in [3.63, 3.8) is 0 Å². The van der Waals surface area contributed by atoms with Crippen LogP contribution in [0.2, 0.25) is 0 Å². The van der Waals surface area contributed by atoms with E-state index < -0.39 is 0 Å². The highest BCUT2D eigenvalue weighted by Crippen LogP contribution is 2.08. The molecular weight excluding hydrogens is 206 g/mol. The van der Waals surface area contributed by atoms with Gasteiger partial charge in [-0.15, -0.1) is 0 Å². The second-order valence-corrected chi connectivity index (χ2v) is 4.53. The first kappa shape index (κ1) is 13.0. The van der Waals surface area contributed by atoms with Crippen LogP contribution < -0.4 is 10.6 Å². The molecule has 1 atom stereocenters. The number of carbonyl (C=O) groups excluding carboxylic acids is 2. The lowest BCUT2D eigenvalue weighted by Gasteiger charge is -2.13. The Balaban J connectivity index is 2.22. The number of nitrogens with one attached hydrogen (secondary N) is 2. The molecule has 1 aliphatic heterocycles. The summed E-state index contributed by atoms with van der Waals surface area (Å²) in [4.78, 5) is 24.7. The van der Waals surface area contributed by atoms with Gasteiger partial charge >= 0.3 is 0 Å². The van der Waals surface area contributed by atoms with Crippen molar-refractivity contribution < 1.29 is 9.59 Å². The molecule has 1 rings (SSSR count). The van der Waals surface area contributed by atoms with Gasteiger partial charge in [-0.2, -0.15) is 0 Å². The number of hydrogen-bond donors (Lipinski definition) is 2. The third-order valence-electron chi connectivity index (χ3n) is 2.67. The predicted octanol–water partition coefficient (Wildman–Crippen LogP) is -0.279. The molecule has 92 valence electrons. The van der Waals surface area contributed by atoms with Crippen molar-refractivity contribution in [1.29, 1.82) is 0 Å². The molecule has 5 heteroatoms. The summed E-state index contributed by atoms with van der Waals surface area (Å²) in [7, 11) is 1.76. The summed E-state index contributed by atoms with van der Waals surface area (Å²) in [6.07, 6.45) is 1.14. The van der Waals surface area contributed by atoms with E-state index in [-0.39, 0.29) is 17.9 Å². The summed E-state index contributed by atoms with van der Waals surface area (Å²) in [6, 6.07) is 0.0728. The molecule has 16 heavy (non-hydrogen) atoms. The van der Waals surface area contributed by atoms with Crippen LogP contribution in [0.15, 0.2) is 0 Å². The number of nitrogens with zero attached hydrogens (tertiary/aromatic N) is 1. The first-order valence-electron chi connectivity index (χ1n) is 5.78. The van der Waals surface area contributed by atoms with Crippen molar-refractivity contribution >= 4 is 11.8 Å². The van der Waals surface area contributed by atoms with Gasteiger partial charge in [0.15, 0.2) is 0 Å². The summed E-state index contributed by atoms with van der Waals surface area (Å²) < 4.78 is 0. The number of rotatable bonds is 5. The lowest BCUT2D eigenvalue weighted by molar-refractivity contribution is -0.131. The van der Waals surface area contributed by atoms with Gasteiger partial charge in [-0.3, -0.25) is 9.59 Å². The Morgan fingerprint density at radius 3 is 2.75 bits per heavy atom. The van der Waals surface area contributed by atoms with E-state index in [1.165, 1.54) is 0 Å². The quantitative estimate of drug-likeness (QED) is 0.679. The molecule has 0 aromatic rings. The molecule has 1 unspecified atom stereocenters. The van der Waals surface area contributed by atoms with Gasteiger partial charge in [-0.25, -0.2) is 0 Å². The van der Waals surface area contributed by atoms with Crippen molar-refractivity contribution in [2.45, 2.75) is 38.8 Å². The first-order chi connectivity index (χ1) is 7.50. The van der Waals surface area contributed by atoms with Crippen LogP contribution in [0.25, 0.3) is 0 Å². The fourth-order valence-electron chi connectivity index (χ4n) is 1.70. The molecule has 0 radical (unpaired) electrons. The molecule has 0 aromatic carbocycles. The van der Waals surface area contributed by atoms with Crippen molar-refractivity contribution in [2.75, 3.05) is 20.1 Å². The van der Waals surface area contributed by atoms with E-state index in [4.69, 9.17) is 0 Å². The van der Waals surface area contributed by atoms with E-state index in [0.29, 0.717) is 19.0 Å². The normalized spacial score (nSPS) is 20.6. The second kappa shape index (κ2) is 5.84. The van der Waals surface area contributed by atoms with Gasteiger partial charge in [0.2, 0.25) is 11.8 Å². The maximum Gasteiger partial charge on any atom is 0.244 e. The molecule has 1 aliphatic rings. The first-order valence-corrected chi connectivity index (χ1v) is 5.78. The molecule has 2 N–H and O–H groups in total. The SMILES string of the molecule is CC(C)NCCC(=O)NC1CCN(C)C1=O. The van der Waals surface area contributed by atoms with Crippen LogP contribution >= 0.6 is 0 Å². The van der Waals surface area contributed by atoms with Crippen molar-refractivity contribution in [3.8, 4) is 0 Å². The molecule has 1 heterocycles. The number of amides is 2. The molecule has 0 bridgehead atoms. The highest BCUT2D eigenvalue weighted by atomic mass is 16.2. The van der Waals surface area contributed by atoms with Crippen LogP contribution in [0.5, 0.6) is 0 Å². The Hall–Kier alpha value is -1.10. The zero-order valence-electron chi connectivity index (χ0n) is 10.2. The second-order valence-electron chi connectivity index (χ2n) is 4.53. The Kier molecular flexibility index (Phi) is 4.73. The van der Waals surface area contributed by atoms with Crippen LogP contribution in [0.3, 0.4) is 0 Å². The number of likely N-dealkylation sites (tertiary alicyclic amines) is 1. The zero-order valence-corrected chi connectivity index (χ0v) is 10.2. The fraction of sp³-hybridized carbons (Fsp3) is 0.818. The summed E-state index contributed by atoms with van der Waals surface area (Å²) in [5.41, 5.74) is 0. The van der Waals surface area contributed by atoms with Gasteiger partial charge in [-0.1, -0.05) is 13.8 Å². The number of hydrogen-bond acceptors (Lipinski definition) is 3. The molecule has 1 saturated heterocycles. The molecule has 5 nitrogen and oxygen atoms in total. The van der Waals surface area contributed by atoms with Gasteiger partial charge in [0.25, 0.3) is 0 Å². The largest absolute Gasteiger partial charge is 0.344 e. The summed E-state index contributed by atoms with van der Waals surface area (Å²) in [5.74, 6) is -0.0352. The van der Waals surface area contributed by atoms with E-state index in [2.05, 4.69) is 10.6 Å². The van der Waals surface area contributed by atoms with E-state index in [1.807, 2.05) is 13.8 Å². The minimum atomic E-state index is -0.309. The van der Waals surface area contributed by atoms with Crippen LogP contribution in [0, 0.1) is 0 Å². The summed E-state index contributed by atoms with van der Waals surface area (Å²) in [5, 5.41) is 5.93. The summed E-state index contributed by atoms with van der Waals surface area (Å²) in [6.45, 7) is 5.45. The molecule has 0 aromatic heterocycles. The number of carbonyl (C=O) groups is 2. The number of likely N-dealkylation sites (N-methyl/N-ethyl adjacent to an activating group) is 1. The van der Waals surface area contributed by atoms with Crippen LogP contribution in [0.1, 0.15) is 26.7 Å². The van der Waals surface area contributed by atoms with Crippen molar-refractivity contribution in [3.05, 3.63) is 0 Å². The zero-order chi connectivity index (χ0) is 12.1. The minimum absolute atomic E-state index is 0.0187. The third-order valence-corrected chi connectivity index (χ3v) is 2.67. The molecule has 2 amide bonds. The Morgan fingerprint density at radius 1 is 1.56 bits per heavy atom. The lowest BCUT2D eigenvalue weighted by atomic mass is 10.2. The van der Waals surface area contributed by atoms with Crippen molar-refractivity contribution in [1.82, 2.24) is 15.5 Å². The van der Waals surface area contributed by atoms with E-state index in [9.17, 15) is 9.59 Å². The molecule has 0 spiro atoms. The maximum atomic E-state index is 11.5. The van der Waals surface area contributed by atoms with E-state index in [1.54, 1.807) is 11.9 Å². The average molecular weight is 227 g/mol. The van der Waals surface area contributed by atoms with Gasteiger partial charge < -0.3 is 15.5 Å². The van der Waals surface area contributed by atoms with Crippen LogP contribution in [0.4, 0.5) is 0 Å². The minimum Gasteiger partial charge on any atom is -0.344 e. The molecule has 0 aliphatic carbocycles. The lowest BCUT2D eigenvalue weighted by Crippen LogP contribution is -2.41. The average Bonchev–Trinajstić information content (AvgIpc) is 2.49. The maximum absolute atomic E-state index is 11.5. The van der Waals surface area contributed by atoms with E-state index in [0.717, 1.165) is 13.0 Å². The smallest absolute Gasteiger partial charge is 0.244 e. The Labute approximate surface area is 96.6 Å². The monoisotopic (exact) mass is 227 g/mol. The van der Waals surface area contributed by atoms with Crippen LogP contribution in [-0.2, 0) is 9.59 Å². The Morgan fingerprint density at radius 2 is 2.25 bits per heavy atom. The van der Waals surface area contributed by atoms with Gasteiger partial charge in [0.05, 0.1) is 0 Å². The third kappa shape index (κ3) is 3.81. The van der Waals surface area contributed by atoms with Crippen molar-refractivity contribution in [2.24, 2.45) is 0 Å². The van der Waals surface area contributed by atoms with Gasteiger partial charge in [0.1, 0.15) is 6.04 Å². The highest BCUT2D eigenvalue weighted by Gasteiger charge is 2.29. The Bertz CT molecular complexity index is 266. The topological polar surface area (TPSA) is 61.4 Å². The standard InChI is InChI=1S/C11H21N3O2/c1-8(2)12-6-4-10(15)13-9-5-7-14(3)11(9)16/h8-9,12H,4-7H2,1-3H3,(H,13,15). The van der Waals surface area contributed by atoms with E-state index >= 15 is 0 Å². The summed E-state index contributed by atoms with van der Waals surface area (Å²) >= 11 is 0. The molecule has 1 fully saturated rings.